The first-order valence-corrected chi connectivity index (χ1v) is 13.9. The highest BCUT2D eigenvalue weighted by molar-refractivity contribution is 7.89. The van der Waals surface area contributed by atoms with E-state index in [0.717, 1.165) is 16.7 Å². The molecule has 3 aromatic rings. The number of benzene rings is 3. The van der Waals surface area contributed by atoms with Crippen LogP contribution in [0, 0.1) is 12.8 Å². The second-order valence-electron chi connectivity index (χ2n) is 9.20. The van der Waals surface area contributed by atoms with Crippen molar-refractivity contribution in [3.05, 3.63) is 95.6 Å². The monoisotopic (exact) mass is 506 g/mol. The number of sulfonamides is 1. The molecule has 0 atom stereocenters. The largest absolute Gasteiger partial charge is 0.494 e. The minimum Gasteiger partial charge on any atom is -0.494 e. The van der Waals surface area contributed by atoms with Crippen LogP contribution >= 0.6 is 0 Å². The molecule has 0 aromatic heterocycles. The molecule has 1 amide bonds. The second kappa shape index (κ2) is 11.7. The molecule has 1 heterocycles. The Morgan fingerprint density at radius 2 is 1.47 bits per heavy atom. The first kappa shape index (κ1) is 25.9. The summed E-state index contributed by atoms with van der Waals surface area (Å²) in [5.41, 5.74) is 2.95. The lowest BCUT2D eigenvalue weighted by atomic mass is 9.96. The molecule has 1 saturated heterocycles. The Labute approximate surface area is 214 Å². The molecule has 1 aliphatic heterocycles. The van der Waals surface area contributed by atoms with E-state index in [2.05, 4.69) is 0 Å². The molecule has 0 spiro atoms. The van der Waals surface area contributed by atoms with Gasteiger partial charge < -0.3 is 9.64 Å². The van der Waals surface area contributed by atoms with Gasteiger partial charge in [-0.05, 0) is 61.6 Å². The van der Waals surface area contributed by atoms with Crippen molar-refractivity contribution in [3.63, 3.8) is 0 Å². The van der Waals surface area contributed by atoms with Crippen LogP contribution in [0.1, 0.15) is 36.5 Å². The summed E-state index contributed by atoms with van der Waals surface area (Å²) in [6, 6.07) is 24.9. The normalized spacial score (nSPS) is 14.9. The highest BCUT2D eigenvalue weighted by atomic mass is 32.2. The van der Waals surface area contributed by atoms with Crippen LogP contribution in [0.4, 0.5) is 0 Å². The minimum absolute atomic E-state index is 0.0802. The van der Waals surface area contributed by atoms with Crippen molar-refractivity contribution >= 4 is 15.9 Å². The van der Waals surface area contributed by atoms with Crippen LogP contribution in [0.2, 0.25) is 0 Å². The number of amides is 1. The summed E-state index contributed by atoms with van der Waals surface area (Å²) in [4.78, 5) is 15.8. The van der Waals surface area contributed by atoms with Crippen LogP contribution in [0.3, 0.4) is 0 Å². The van der Waals surface area contributed by atoms with Gasteiger partial charge in [-0.3, -0.25) is 4.79 Å². The number of hydrogen-bond donors (Lipinski definition) is 0. The predicted molar refractivity (Wildman–Crippen MR) is 141 cm³/mol. The summed E-state index contributed by atoms with van der Waals surface area (Å²) in [6.45, 7) is 5.99. The lowest BCUT2D eigenvalue weighted by Crippen LogP contribution is -2.44. The van der Waals surface area contributed by atoms with Crippen molar-refractivity contribution in [2.75, 3.05) is 19.7 Å². The van der Waals surface area contributed by atoms with Gasteiger partial charge in [-0.2, -0.15) is 4.31 Å². The van der Waals surface area contributed by atoms with Gasteiger partial charge in [-0.15, -0.1) is 0 Å². The fraction of sp³-hybridized carbons (Fsp3) is 0.345. The number of carbonyl (C=O) groups is 1. The third-order valence-electron chi connectivity index (χ3n) is 6.63. The number of rotatable bonds is 9. The highest BCUT2D eigenvalue weighted by Gasteiger charge is 2.34. The zero-order valence-corrected chi connectivity index (χ0v) is 21.8. The van der Waals surface area contributed by atoms with E-state index in [9.17, 15) is 13.2 Å². The smallest absolute Gasteiger partial charge is 0.243 e. The number of hydrogen-bond acceptors (Lipinski definition) is 4. The minimum atomic E-state index is -3.63. The van der Waals surface area contributed by atoms with Gasteiger partial charge in [0.25, 0.3) is 0 Å². The fourth-order valence-electron chi connectivity index (χ4n) is 4.67. The molecule has 4 rings (SSSR count). The van der Waals surface area contributed by atoms with Crippen molar-refractivity contribution in [1.29, 1.82) is 0 Å². The Bertz CT molecular complexity index is 1210. The molecule has 0 N–H and O–H groups in total. The summed E-state index contributed by atoms with van der Waals surface area (Å²) in [7, 11) is -3.63. The molecular weight excluding hydrogens is 472 g/mol. The number of ether oxygens (including phenoxy) is 1. The van der Waals surface area contributed by atoms with Gasteiger partial charge in [0.05, 0.1) is 11.5 Å². The third-order valence-corrected chi connectivity index (χ3v) is 8.53. The van der Waals surface area contributed by atoms with E-state index < -0.39 is 10.0 Å². The Morgan fingerprint density at radius 1 is 0.917 bits per heavy atom. The van der Waals surface area contributed by atoms with Crippen LogP contribution in [0.15, 0.2) is 83.8 Å². The first-order valence-electron chi connectivity index (χ1n) is 12.5. The molecule has 0 bridgehead atoms. The van der Waals surface area contributed by atoms with Crippen molar-refractivity contribution < 1.29 is 17.9 Å². The van der Waals surface area contributed by atoms with Crippen molar-refractivity contribution in [3.8, 4) is 5.75 Å². The van der Waals surface area contributed by atoms with Crippen molar-refractivity contribution in [2.45, 2.75) is 44.7 Å². The molecule has 7 heteroatoms. The van der Waals surface area contributed by atoms with E-state index in [0.29, 0.717) is 51.4 Å². The SMILES string of the molecule is CCOc1ccc(S(=O)(=O)N2CCC(C(=O)N(Cc3ccccc3)Cc3ccccc3)CC2)cc1C. The molecule has 190 valence electrons. The lowest BCUT2D eigenvalue weighted by molar-refractivity contribution is -0.138. The first-order chi connectivity index (χ1) is 17.4. The molecule has 0 radical (unpaired) electrons. The average molecular weight is 507 g/mol. The molecule has 0 unspecified atom stereocenters. The van der Waals surface area contributed by atoms with Gasteiger partial charge in [0, 0.05) is 32.1 Å². The van der Waals surface area contributed by atoms with E-state index in [1.807, 2.05) is 79.4 Å². The van der Waals surface area contributed by atoms with Gasteiger partial charge in [-0.25, -0.2) is 8.42 Å². The zero-order valence-electron chi connectivity index (χ0n) is 21.0. The number of nitrogens with zero attached hydrogens (tertiary/aromatic N) is 2. The fourth-order valence-corrected chi connectivity index (χ4v) is 6.22. The molecule has 36 heavy (non-hydrogen) atoms. The maximum absolute atomic E-state index is 13.6. The van der Waals surface area contributed by atoms with E-state index >= 15 is 0 Å². The Balaban J connectivity index is 1.45. The summed E-state index contributed by atoms with van der Waals surface area (Å²) < 4.78 is 33.6. The van der Waals surface area contributed by atoms with Crippen LogP contribution in [0.25, 0.3) is 0 Å². The standard InChI is InChI=1S/C29H34N2O4S/c1-3-35-28-15-14-27(20-23(28)2)36(33,34)31-18-16-26(17-19-31)29(32)30(21-24-10-6-4-7-11-24)22-25-12-8-5-9-13-25/h4-15,20,26H,3,16-19,21-22H2,1-2H3. The number of piperidine rings is 1. The van der Waals surface area contributed by atoms with Gasteiger partial charge in [0.15, 0.2) is 0 Å². The molecular formula is C29H34N2O4S. The maximum Gasteiger partial charge on any atom is 0.243 e. The Morgan fingerprint density at radius 3 is 1.97 bits per heavy atom. The summed E-state index contributed by atoms with van der Waals surface area (Å²) in [5, 5.41) is 0. The summed E-state index contributed by atoms with van der Waals surface area (Å²) in [6.07, 6.45) is 1.02. The Hall–Kier alpha value is -3.16. The van der Waals surface area contributed by atoms with Crippen LogP contribution in [-0.2, 0) is 27.9 Å². The topological polar surface area (TPSA) is 66.9 Å². The quantitative estimate of drug-likeness (QED) is 0.409. The lowest BCUT2D eigenvalue weighted by Gasteiger charge is -2.34. The van der Waals surface area contributed by atoms with Crippen molar-refractivity contribution in [1.82, 2.24) is 9.21 Å². The van der Waals surface area contributed by atoms with Gasteiger partial charge in [0.1, 0.15) is 5.75 Å². The van der Waals surface area contributed by atoms with Gasteiger partial charge in [0.2, 0.25) is 15.9 Å². The zero-order chi connectivity index (χ0) is 25.5. The molecule has 0 saturated carbocycles. The molecule has 3 aromatic carbocycles. The van der Waals surface area contributed by atoms with Crippen LogP contribution < -0.4 is 4.74 Å². The summed E-state index contributed by atoms with van der Waals surface area (Å²) >= 11 is 0. The predicted octanol–water partition coefficient (Wildman–Crippen LogP) is 5.02. The molecule has 1 fully saturated rings. The summed E-state index contributed by atoms with van der Waals surface area (Å²) in [5.74, 6) is 0.570. The van der Waals surface area contributed by atoms with Crippen LogP contribution in [0.5, 0.6) is 5.75 Å². The van der Waals surface area contributed by atoms with E-state index in [4.69, 9.17) is 4.74 Å². The number of aryl methyl sites for hydroxylation is 1. The third kappa shape index (κ3) is 6.15. The van der Waals surface area contributed by atoms with E-state index in [1.54, 1.807) is 18.2 Å². The second-order valence-corrected chi connectivity index (χ2v) is 11.1. The Kier molecular flexibility index (Phi) is 8.44. The van der Waals surface area contributed by atoms with Gasteiger partial charge in [-0.1, -0.05) is 60.7 Å². The van der Waals surface area contributed by atoms with Crippen molar-refractivity contribution in [2.24, 2.45) is 5.92 Å². The molecule has 0 aliphatic carbocycles. The number of carbonyl (C=O) groups excluding carboxylic acids is 1. The molecule has 6 nitrogen and oxygen atoms in total. The highest BCUT2D eigenvalue weighted by Crippen LogP contribution is 2.28. The van der Waals surface area contributed by atoms with E-state index in [-0.39, 0.29) is 16.7 Å². The average Bonchev–Trinajstić information content (AvgIpc) is 2.90. The maximum atomic E-state index is 13.6. The van der Waals surface area contributed by atoms with Crippen LogP contribution in [-0.4, -0.2) is 43.2 Å². The molecule has 1 aliphatic rings. The van der Waals surface area contributed by atoms with Gasteiger partial charge >= 0.3 is 0 Å². The van der Waals surface area contributed by atoms with E-state index in [1.165, 1.54) is 4.31 Å².